The van der Waals surface area contributed by atoms with Crippen LogP contribution in [0.15, 0.2) is 152 Å². The van der Waals surface area contributed by atoms with Gasteiger partial charge in [0.15, 0.2) is 0 Å². The van der Waals surface area contributed by atoms with E-state index in [4.69, 9.17) is 0 Å². The highest BCUT2D eigenvalue weighted by molar-refractivity contribution is 7.00. The minimum atomic E-state index is 0.106. The van der Waals surface area contributed by atoms with Crippen LogP contribution in [0.4, 0.5) is 34.1 Å². The summed E-state index contributed by atoms with van der Waals surface area (Å²) in [6.07, 6.45) is 4.01. The Hall–Kier alpha value is -6.33. The molecule has 0 saturated heterocycles. The molecule has 0 bridgehead atoms. The van der Waals surface area contributed by atoms with Crippen molar-refractivity contribution in [3.8, 4) is 11.4 Å². The molecule has 2 aliphatic rings. The monoisotopic (exact) mass is 780 g/mol. The normalized spacial score (nSPS) is 13.2. The Morgan fingerprint density at radius 1 is 0.450 bits per heavy atom. The van der Waals surface area contributed by atoms with Crippen LogP contribution in [-0.4, -0.2) is 11.3 Å². The molecule has 0 amide bonds. The Morgan fingerprint density at radius 3 is 1.48 bits per heavy atom. The van der Waals surface area contributed by atoms with Crippen LogP contribution in [0.1, 0.15) is 101 Å². The van der Waals surface area contributed by atoms with E-state index in [-0.39, 0.29) is 18.5 Å². The van der Waals surface area contributed by atoms with Gasteiger partial charge in [0, 0.05) is 34.1 Å². The summed E-state index contributed by atoms with van der Waals surface area (Å²) in [7, 11) is 0. The Kier molecular flexibility index (Phi) is 9.32. The molecule has 2 aliphatic heterocycles. The lowest BCUT2D eigenvalue weighted by Crippen LogP contribution is -2.61. The topological polar surface area (TPSA) is 15.3 Å². The molecule has 10 rings (SSSR count). The number of anilines is 6. The molecule has 1 aromatic heterocycles. The average molecular weight is 781 g/mol. The van der Waals surface area contributed by atoms with E-state index >= 15 is 0 Å². The Balaban J connectivity index is 1.23. The molecule has 0 saturated carbocycles. The molecule has 8 aromatic rings. The fourth-order valence-corrected chi connectivity index (χ4v) is 10.1. The second kappa shape index (κ2) is 14.7. The van der Waals surface area contributed by atoms with Crippen LogP contribution < -0.4 is 30.8 Å². The van der Waals surface area contributed by atoms with Crippen LogP contribution in [0, 0.1) is 6.33 Å². The number of para-hydroxylation sites is 6. The van der Waals surface area contributed by atoms with E-state index in [1.54, 1.807) is 0 Å². The maximum atomic E-state index is 4.01. The van der Waals surface area contributed by atoms with Crippen molar-refractivity contribution in [2.24, 2.45) is 0 Å². The third-order valence-electron chi connectivity index (χ3n) is 12.8. The summed E-state index contributed by atoms with van der Waals surface area (Å²) in [5.41, 5.74) is 21.4. The van der Waals surface area contributed by atoms with Crippen molar-refractivity contribution in [3.05, 3.63) is 180 Å². The Bertz CT molecular complexity index is 2860. The fraction of sp³-hybridized carbons (Fsp3) is 0.218. The Labute approximate surface area is 356 Å². The Morgan fingerprint density at radius 2 is 0.917 bits per heavy atom. The minimum absolute atomic E-state index is 0.106. The lowest BCUT2D eigenvalue weighted by Gasteiger charge is -2.44. The van der Waals surface area contributed by atoms with Gasteiger partial charge in [-0.3, -0.25) is 9.13 Å². The summed E-state index contributed by atoms with van der Waals surface area (Å²) in [5.74, 6) is 1.21. The predicted molar refractivity (Wildman–Crippen MR) is 254 cm³/mol. The number of nitrogens with zero attached hydrogens (tertiary/aromatic N) is 4. The van der Waals surface area contributed by atoms with E-state index in [1.165, 1.54) is 84.1 Å². The van der Waals surface area contributed by atoms with Crippen LogP contribution in [0.2, 0.25) is 0 Å². The summed E-state index contributed by atoms with van der Waals surface area (Å²) < 4.78 is 4.74. The van der Waals surface area contributed by atoms with Gasteiger partial charge in [-0.2, -0.15) is 0 Å². The molecule has 3 heterocycles. The zero-order chi connectivity index (χ0) is 41.4. The fourth-order valence-electron chi connectivity index (χ4n) is 10.1. The lowest BCUT2D eigenvalue weighted by atomic mass is 9.33. The molecule has 0 radical (unpaired) electrons. The van der Waals surface area contributed by atoms with Crippen LogP contribution in [0.25, 0.3) is 22.4 Å². The maximum absolute atomic E-state index is 4.01. The van der Waals surface area contributed by atoms with Crippen LogP contribution in [0.3, 0.4) is 0 Å². The minimum Gasteiger partial charge on any atom is -0.311 e. The lowest BCUT2D eigenvalue weighted by molar-refractivity contribution is -0.573. The van der Waals surface area contributed by atoms with Gasteiger partial charge >= 0.3 is 0 Å². The highest BCUT2D eigenvalue weighted by atomic mass is 15.2. The summed E-state index contributed by atoms with van der Waals surface area (Å²) >= 11 is 0. The van der Waals surface area contributed by atoms with Gasteiger partial charge in [0.25, 0.3) is 13.0 Å². The summed E-state index contributed by atoms with van der Waals surface area (Å²) in [6, 6.07) is 56.5. The van der Waals surface area contributed by atoms with Crippen molar-refractivity contribution in [2.45, 2.75) is 79.1 Å². The number of hydrogen-bond donors (Lipinski definition) is 0. The first-order valence-electron chi connectivity index (χ1n) is 21.9. The maximum Gasteiger partial charge on any atom is 0.269 e. The van der Waals surface area contributed by atoms with Crippen LogP contribution in [0.5, 0.6) is 0 Å². The molecule has 0 atom stereocenters. The van der Waals surface area contributed by atoms with Crippen molar-refractivity contribution in [1.29, 1.82) is 0 Å². The summed E-state index contributed by atoms with van der Waals surface area (Å²) in [4.78, 5) is 5.01. The zero-order valence-electron chi connectivity index (χ0n) is 36.1. The molecule has 60 heavy (non-hydrogen) atoms. The number of fused-ring (bicyclic) bond motifs is 5. The summed E-state index contributed by atoms with van der Waals surface area (Å²) in [6.45, 7) is 18.7. The van der Waals surface area contributed by atoms with Gasteiger partial charge in [0.2, 0.25) is 0 Å². The quantitative estimate of drug-likeness (QED) is 0.0867. The SMILES string of the molecule is CC(C)c1cc(N2c3ccccc3B3c4ccccc4N(c4ccccc4)c4cccc2c43)cc(C(C)C)c1-n1[c-][n+](-c2c(C(C)C)cccc2C(C)C)c2ccccc21. The van der Waals surface area contributed by atoms with Crippen molar-refractivity contribution in [1.82, 2.24) is 4.57 Å². The molecule has 7 aromatic carbocycles. The van der Waals surface area contributed by atoms with Crippen molar-refractivity contribution >= 4 is 68.3 Å². The first kappa shape index (κ1) is 37.9. The van der Waals surface area contributed by atoms with E-state index in [2.05, 4.69) is 232 Å². The molecular weight excluding hydrogens is 727 g/mol. The van der Waals surface area contributed by atoms with Crippen LogP contribution in [-0.2, 0) is 0 Å². The predicted octanol–water partition coefficient (Wildman–Crippen LogP) is 12.3. The van der Waals surface area contributed by atoms with E-state index in [0.29, 0.717) is 11.8 Å². The number of aromatic nitrogens is 2. The first-order chi connectivity index (χ1) is 29.1. The second-order valence-electron chi connectivity index (χ2n) is 17.9. The van der Waals surface area contributed by atoms with Gasteiger partial charge in [0.05, 0.1) is 22.4 Å². The smallest absolute Gasteiger partial charge is 0.269 e. The number of rotatable bonds is 8. The molecule has 0 unspecified atom stereocenters. The molecule has 5 heteroatoms. The van der Waals surface area contributed by atoms with Crippen molar-refractivity contribution < 1.29 is 4.57 Å². The molecule has 0 aliphatic carbocycles. The van der Waals surface area contributed by atoms with Crippen molar-refractivity contribution in [2.75, 3.05) is 9.80 Å². The standard InChI is InChI=1S/C55H53BN4/c1-35(2)41-22-18-23-42(36(3)4)54(41)57-34-58(50-29-17-16-28-49(50)57)55-43(37(5)6)32-40(33-44(55)38(7)8)60-48-27-15-13-25-46(48)56-45-24-12-14-26-47(45)59(39-20-10-9-11-21-39)51-30-19-31-52(60)53(51)56/h9-33,35-38H,1-8H3. The molecule has 4 nitrogen and oxygen atoms in total. The van der Waals surface area contributed by atoms with Gasteiger partial charge in [-0.1, -0.05) is 159 Å². The molecule has 0 N–H and O–H groups in total. The van der Waals surface area contributed by atoms with Gasteiger partial charge < -0.3 is 9.80 Å². The van der Waals surface area contributed by atoms with E-state index in [9.17, 15) is 0 Å². The molecular formula is C55H53BN4. The highest BCUT2D eigenvalue weighted by Gasteiger charge is 2.43. The van der Waals surface area contributed by atoms with E-state index < -0.39 is 0 Å². The zero-order valence-corrected chi connectivity index (χ0v) is 36.1. The summed E-state index contributed by atoms with van der Waals surface area (Å²) in [5, 5.41) is 0. The second-order valence-corrected chi connectivity index (χ2v) is 17.9. The van der Waals surface area contributed by atoms with Gasteiger partial charge in [-0.05, 0) is 111 Å². The molecule has 0 fully saturated rings. The molecule has 296 valence electrons. The van der Waals surface area contributed by atoms with Crippen LogP contribution >= 0.6 is 0 Å². The van der Waals surface area contributed by atoms with Crippen molar-refractivity contribution in [3.63, 3.8) is 0 Å². The third-order valence-corrected chi connectivity index (χ3v) is 12.8. The highest BCUT2D eigenvalue weighted by Crippen LogP contribution is 2.46. The first-order valence-corrected chi connectivity index (χ1v) is 21.9. The molecule has 0 spiro atoms. The third kappa shape index (κ3) is 5.84. The number of benzene rings is 7. The largest absolute Gasteiger partial charge is 0.311 e. The number of imidazole rings is 1. The average Bonchev–Trinajstić information content (AvgIpc) is 3.64. The van der Waals surface area contributed by atoms with Gasteiger partial charge in [0.1, 0.15) is 0 Å². The van der Waals surface area contributed by atoms with E-state index in [0.717, 1.165) is 11.0 Å². The van der Waals surface area contributed by atoms with Gasteiger partial charge in [-0.15, -0.1) is 0 Å². The van der Waals surface area contributed by atoms with E-state index in [1.807, 2.05) is 0 Å². The van der Waals surface area contributed by atoms with Gasteiger partial charge in [-0.25, -0.2) is 0 Å². The number of hydrogen-bond acceptors (Lipinski definition) is 2.